The molecule has 110 valence electrons. The number of carbonyl (C=O) groups excluding carboxylic acids is 1. The highest BCUT2D eigenvalue weighted by Crippen LogP contribution is 2.34. The van der Waals surface area contributed by atoms with E-state index in [2.05, 4.69) is 26.2 Å². The van der Waals surface area contributed by atoms with E-state index in [1.54, 1.807) is 19.1 Å². The molecule has 1 heterocycles. The number of amides is 1. The zero-order chi connectivity index (χ0) is 15.6. The normalized spacial score (nSPS) is 11.3. The molecule has 21 heavy (non-hydrogen) atoms. The fraction of sp³-hybridized carbons (Fsp3) is 0.143. The van der Waals surface area contributed by atoms with Crippen molar-refractivity contribution in [1.82, 2.24) is 4.98 Å². The van der Waals surface area contributed by atoms with E-state index < -0.39 is 17.6 Å². The Bertz CT molecular complexity index is 686. The van der Waals surface area contributed by atoms with Gasteiger partial charge in [-0.25, -0.2) is 0 Å². The van der Waals surface area contributed by atoms with E-state index in [4.69, 9.17) is 0 Å². The van der Waals surface area contributed by atoms with Gasteiger partial charge in [0.2, 0.25) is 0 Å². The van der Waals surface area contributed by atoms with Gasteiger partial charge < -0.3 is 5.32 Å². The first-order valence-electron chi connectivity index (χ1n) is 5.89. The third-order valence-corrected chi connectivity index (χ3v) is 3.46. The predicted molar refractivity (Wildman–Crippen MR) is 76.1 cm³/mol. The molecule has 0 aliphatic carbocycles. The lowest BCUT2D eigenvalue weighted by Crippen LogP contribution is -2.16. The second kappa shape index (κ2) is 5.85. The topological polar surface area (TPSA) is 42.0 Å². The molecule has 0 saturated carbocycles. The molecule has 1 aromatic carbocycles. The smallest absolute Gasteiger partial charge is 0.320 e. The molecule has 1 aromatic heterocycles. The fourth-order valence-corrected chi connectivity index (χ4v) is 2.05. The maximum absolute atomic E-state index is 12.7. The van der Waals surface area contributed by atoms with Gasteiger partial charge in [0, 0.05) is 10.7 Å². The number of pyridine rings is 1. The van der Waals surface area contributed by atoms with Gasteiger partial charge in [-0.3, -0.25) is 9.78 Å². The van der Waals surface area contributed by atoms with Gasteiger partial charge in [-0.15, -0.1) is 0 Å². The van der Waals surface area contributed by atoms with Crippen LogP contribution in [0.3, 0.4) is 0 Å². The Hall–Kier alpha value is -1.89. The van der Waals surface area contributed by atoms with Crippen LogP contribution in [0.2, 0.25) is 0 Å². The Balaban J connectivity index is 2.31. The van der Waals surface area contributed by atoms with E-state index in [1.807, 2.05) is 0 Å². The minimum Gasteiger partial charge on any atom is -0.320 e. The third-order valence-electron chi connectivity index (χ3n) is 2.77. The van der Waals surface area contributed by atoms with Crippen molar-refractivity contribution in [3.8, 4) is 0 Å². The van der Waals surface area contributed by atoms with Crippen LogP contribution in [0.1, 0.15) is 21.6 Å². The zero-order valence-corrected chi connectivity index (χ0v) is 12.4. The first-order valence-corrected chi connectivity index (χ1v) is 6.68. The van der Waals surface area contributed by atoms with Crippen molar-refractivity contribution in [2.24, 2.45) is 0 Å². The van der Waals surface area contributed by atoms with E-state index in [9.17, 15) is 18.0 Å². The summed E-state index contributed by atoms with van der Waals surface area (Å²) in [5, 5.41) is 2.43. The van der Waals surface area contributed by atoms with Crippen LogP contribution in [-0.2, 0) is 6.18 Å². The molecule has 2 aromatic rings. The Morgan fingerprint density at radius 1 is 1.29 bits per heavy atom. The summed E-state index contributed by atoms with van der Waals surface area (Å²) in [5.74, 6) is -0.562. The summed E-state index contributed by atoms with van der Waals surface area (Å²) < 4.78 is 38.4. The van der Waals surface area contributed by atoms with Crippen molar-refractivity contribution in [3.63, 3.8) is 0 Å². The van der Waals surface area contributed by atoms with E-state index in [0.29, 0.717) is 10.0 Å². The lowest BCUT2D eigenvalue weighted by molar-refractivity contribution is -0.137. The molecule has 3 nitrogen and oxygen atoms in total. The van der Waals surface area contributed by atoms with E-state index in [1.165, 1.54) is 12.3 Å². The van der Waals surface area contributed by atoms with Gasteiger partial charge in [0.25, 0.3) is 5.91 Å². The van der Waals surface area contributed by atoms with Crippen molar-refractivity contribution in [2.75, 3.05) is 5.32 Å². The van der Waals surface area contributed by atoms with Crippen LogP contribution in [0, 0.1) is 6.92 Å². The van der Waals surface area contributed by atoms with Crippen molar-refractivity contribution < 1.29 is 18.0 Å². The highest BCUT2D eigenvalue weighted by molar-refractivity contribution is 9.10. The average molecular weight is 359 g/mol. The zero-order valence-electron chi connectivity index (χ0n) is 10.8. The van der Waals surface area contributed by atoms with Crippen LogP contribution >= 0.6 is 15.9 Å². The van der Waals surface area contributed by atoms with Crippen molar-refractivity contribution >= 4 is 27.5 Å². The van der Waals surface area contributed by atoms with E-state index >= 15 is 0 Å². The highest BCUT2D eigenvalue weighted by Gasteiger charge is 2.31. The Morgan fingerprint density at radius 2 is 2.00 bits per heavy atom. The number of alkyl halides is 3. The van der Waals surface area contributed by atoms with Crippen LogP contribution in [0.25, 0.3) is 0 Å². The Kier molecular flexibility index (Phi) is 4.32. The molecular weight excluding hydrogens is 349 g/mol. The largest absolute Gasteiger partial charge is 0.416 e. The highest BCUT2D eigenvalue weighted by atomic mass is 79.9. The minimum atomic E-state index is -4.47. The number of nitrogens with zero attached hydrogens (tertiary/aromatic N) is 1. The lowest BCUT2D eigenvalue weighted by Gasteiger charge is -2.12. The first-order chi connectivity index (χ1) is 9.79. The number of nitrogens with one attached hydrogen (secondary N) is 1. The summed E-state index contributed by atoms with van der Waals surface area (Å²) in [6.07, 6.45) is -3.02. The molecule has 0 radical (unpaired) electrons. The summed E-state index contributed by atoms with van der Waals surface area (Å²) in [5.41, 5.74) is 0.0125. The number of aryl methyl sites for hydroxylation is 1. The molecular formula is C14H10BrF3N2O. The fourth-order valence-electron chi connectivity index (χ4n) is 1.70. The van der Waals surface area contributed by atoms with Gasteiger partial charge in [0.15, 0.2) is 0 Å². The average Bonchev–Trinajstić information content (AvgIpc) is 2.40. The maximum Gasteiger partial charge on any atom is 0.416 e. The van der Waals surface area contributed by atoms with E-state index in [0.717, 1.165) is 12.1 Å². The number of hydrogen-bond donors (Lipinski definition) is 1. The number of carbonyl (C=O) groups is 1. The summed E-state index contributed by atoms with van der Waals surface area (Å²) in [7, 11) is 0. The van der Waals surface area contributed by atoms with Gasteiger partial charge in [0.05, 0.1) is 11.3 Å². The van der Waals surface area contributed by atoms with Crippen LogP contribution in [-0.4, -0.2) is 10.9 Å². The van der Waals surface area contributed by atoms with E-state index in [-0.39, 0.29) is 11.4 Å². The van der Waals surface area contributed by atoms with Crippen LogP contribution < -0.4 is 5.32 Å². The molecule has 0 atom stereocenters. The molecule has 7 heteroatoms. The molecule has 0 unspecified atom stereocenters. The third kappa shape index (κ3) is 3.60. The molecule has 0 fully saturated rings. The quantitative estimate of drug-likeness (QED) is 0.862. The number of benzene rings is 1. The second-order valence-electron chi connectivity index (χ2n) is 4.32. The van der Waals surface area contributed by atoms with Crippen molar-refractivity contribution in [1.29, 1.82) is 0 Å². The van der Waals surface area contributed by atoms with Gasteiger partial charge >= 0.3 is 6.18 Å². The molecule has 1 N–H and O–H groups in total. The molecule has 0 spiro atoms. The standard InChI is InChI=1S/C14H10BrF3N2O/c1-8-3-2-6-19-12(8)13(21)20-11-7-9(14(16,17)18)4-5-10(11)15/h2-7H,1H3,(H,20,21). The van der Waals surface area contributed by atoms with Crippen molar-refractivity contribution in [2.45, 2.75) is 13.1 Å². The number of halogens is 4. The van der Waals surface area contributed by atoms with Crippen molar-refractivity contribution in [3.05, 3.63) is 57.8 Å². The summed E-state index contributed by atoms with van der Waals surface area (Å²) in [6.45, 7) is 1.70. The predicted octanol–water partition coefficient (Wildman–Crippen LogP) is 4.42. The lowest BCUT2D eigenvalue weighted by atomic mass is 10.1. The monoisotopic (exact) mass is 358 g/mol. The second-order valence-corrected chi connectivity index (χ2v) is 5.17. The Labute approximate surface area is 127 Å². The summed E-state index contributed by atoms with van der Waals surface area (Å²) >= 11 is 3.11. The van der Waals surface area contributed by atoms with Crippen LogP contribution in [0.4, 0.5) is 18.9 Å². The molecule has 1 amide bonds. The van der Waals surface area contributed by atoms with Gasteiger partial charge in [0.1, 0.15) is 5.69 Å². The Morgan fingerprint density at radius 3 is 2.62 bits per heavy atom. The molecule has 2 rings (SSSR count). The maximum atomic E-state index is 12.7. The van der Waals surface area contributed by atoms with Gasteiger partial charge in [-0.2, -0.15) is 13.2 Å². The first kappa shape index (κ1) is 15.5. The number of anilines is 1. The molecule has 0 aliphatic heterocycles. The van der Waals surface area contributed by atoms with Crippen LogP contribution in [0.15, 0.2) is 41.0 Å². The molecule has 0 bridgehead atoms. The molecule has 0 saturated heterocycles. The number of hydrogen-bond acceptors (Lipinski definition) is 2. The number of rotatable bonds is 2. The molecule has 0 aliphatic rings. The summed E-state index contributed by atoms with van der Waals surface area (Å²) in [4.78, 5) is 16.0. The van der Waals surface area contributed by atoms with Gasteiger partial charge in [-0.1, -0.05) is 6.07 Å². The SMILES string of the molecule is Cc1cccnc1C(=O)Nc1cc(C(F)(F)F)ccc1Br. The van der Waals surface area contributed by atoms with Crippen LogP contribution in [0.5, 0.6) is 0 Å². The summed E-state index contributed by atoms with van der Waals surface area (Å²) in [6, 6.07) is 6.42. The number of aromatic nitrogens is 1. The minimum absolute atomic E-state index is 0.0416. The van der Waals surface area contributed by atoms with Gasteiger partial charge in [-0.05, 0) is 52.7 Å².